The minimum atomic E-state index is -0.435. The third kappa shape index (κ3) is 2.76. The van der Waals surface area contributed by atoms with Crippen molar-refractivity contribution in [2.24, 2.45) is 5.73 Å². The first-order chi connectivity index (χ1) is 8.98. The lowest BCUT2D eigenvalue weighted by atomic mass is 9.76. The fourth-order valence-corrected chi connectivity index (χ4v) is 2.98. The highest BCUT2D eigenvalue weighted by Crippen LogP contribution is 2.41. The molecule has 1 aliphatic rings. The van der Waals surface area contributed by atoms with Crippen molar-refractivity contribution in [1.29, 1.82) is 0 Å². The first kappa shape index (κ1) is 14.3. The third-order valence-electron chi connectivity index (χ3n) is 4.22. The van der Waals surface area contributed by atoms with Crippen LogP contribution < -0.4 is 10.5 Å². The molecule has 0 saturated heterocycles. The highest BCUT2D eigenvalue weighted by atomic mass is 19.1. The van der Waals surface area contributed by atoms with Crippen LogP contribution in [0.3, 0.4) is 0 Å². The van der Waals surface area contributed by atoms with Crippen LogP contribution in [-0.4, -0.2) is 7.11 Å². The van der Waals surface area contributed by atoms with Crippen molar-refractivity contribution in [3.8, 4) is 5.75 Å². The SMILES string of the molecule is COc1c(F)cc(C(C)C)cc1C1(N)CCCCC1. The van der Waals surface area contributed by atoms with E-state index in [-0.39, 0.29) is 11.7 Å². The van der Waals surface area contributed by atoms with E-state index in [2.05, 4.69) is 13.8 Å². The largest absolute Gasteiger partial charge is 0.493 e. The predicted octanol–water partition coefficient (Wildman–Crippen LogP) is 4.08. The number of rotatable bonds is 3. The summed E-state index contributed by atoms with van der Waals surface area (Å²) in [6.45, 7) is 4.13. The Labute approximate surface area is 115 Å². The van der Waals surface area contributed by atoms with Gasteiger partial charge in [-0.25, -0.2) is 4.39 Å². The van der Waals surface area contributed by atoms with Crippen LogP contribution in [0.2, 0.25) is 0 Å². The molecule has 0 aromatic heterocycles. The van der Waals surface area contributed by atoms with Gasteiger partial charge < -0.3 is 10.5 Å². The summed E-state index contributed by atoms with van der Waals surface area (Å²) in [5.74, 6) is 0.319. The Morgan fingerprint density at radius 1 is 1.21 bits per heavy atom. The van der Waals surface area contributed by atoms with Gasteiger partial charge in [0, 0.05) is 11.1 Å². The smallest absolute Gasteiger partial charge is 0.165 e. The maximum absolute atomic E-state index is 14.2. The van der Waals surface area contributed by atoms with Gasteiger partial charge in [-0.05, 0) is 36.5 Å². The highest BCUT2D eigenvalue weighted by Gasteiger charge is 2.33. The zero-order valence-electron chi connectivity index (χ0n) is 12.1. The summed E-state index contributed by atoms with van der Waals surface area (Å²) < 4.78 is 19.5. The van der Waals surface area contributed by atoms with Crippen molar-refractivity contribution in [2.45, 2.75) is 57.4 Å². The fraction of sp³-hybridized carbons (Fsp3) is 0.625. The average molecular weight is 265 g/mol. The molecule has 0 aliphatic heterocycles. The molecule has 0 amide bonds. The van der Waals surface area contributed by atoms with E-state index in [0.717, 1.165) is 36.8 Å². The van der Waals surface area contributed by atoms with Crippen molar-refractivity contribution in [1.82, 2.24) is 0 Å². The third-order valence-corrected chi connectivity index (χ3v) is 4.22. The van der Waals surface area contributed by atoms with E-state index in [1.165, 1.54) is 13.5 Å². The van der Waals surface area contributed by atoms with E-state index in [4.69, 9.17) is 10.5 Å². The molecule has 0 bridgehead atoms. The number of hydrogen-bond donors (Lipinski definition) is 1. The van der Waals surface area contributed by atoms with Gasteiger partial charge in [0.05, 0.1) is 7.11 Å². The van der Waals surface area contributed by atoms with Crippen molar-refractivity contribution >= 4 is 0 Å². The Bertz CT molecular complexity index is 450. The van der Waals surface area contributed by atoms with Crippen LogP contribution in [0.5, 0.6) is 5.75 Å². The van der Waals surface area contributed by atoms with Crippen LogP contribution in [0.1, 0.15) is 63.0 Å². The molecule has 0 heterocycles. The molecule has 2 N–H and O–H groups in total. The Hall–Kier alpha value is -1.09. The number of nitrogens with two attached hydrogens (primary N) is 1. The molecule has 0 atom stereocenters. The maximum atomic E-state index is 14.2. The second-order valence-corrected chi connectivity index (χ2v) is 5.96. The molecule has 3 heteroatoms. The second kappa shape index (κ2) is 5.49. The minimum absolute atomic E-state index is 0.284. The summed E-state index contributed by atoms with van der Waals surface area (Å²) in [7, 11) is 1.52. The predicted molar refractivity (Wildman–Crippen MR) is 76.0 cm³/mol. The molecule has 1 aromatic rings. The molecule has 1 aromatic carbocycles. The quantitative estimate of drug-likeness (QED) is 0.894. The summed E-state index contributed by atoms with van der Waals surface area (Å²) in [4.78, 5) is 0. The average Bonchev–Trinajstić information content (AvgIpc) is 2.38. The lowest BCUT2D eigenvalue weighted by Crippen LogP contribution is -2.39. The zero-order valence-corrected chi connectivity index (χ0v) is 12.1. The second-order valence-electron chi connectivity index (χ2n) is 5.96. The van der Waals surface area contributed by atoms with Gasteiger partial charge in [0.25, 0.3) is 0 Å². The van der Waals surface area contributed by atoms with E-state index < -0.39 is 5.54 Å². The van der Waals surface area contributed by atoms with Crippen LogP contribution in [0.25, 0.3) is 0 Å². The molecule has 0 spiro atoms. The Morgan fingerprint density at radius 3 is 2.37 bits per heavy atom. The fourth-order valence-electron chi connectivity index (χ4n) is 2.98. The van der Waals surface area contributed by atoms with Crippen molar-refractivity contribution < 1.29 is 9.13 Å². The summed E-state index contributed by atoms with van der Waals surface area (Å²) in [6, 6.07) is 3.61. The van der Waals surface area contributed by atoms with Gasteiger partial charge in [0.1, 0.15) is 0 Å². The number of ether oxygens (including phenoxy) is 1. The first-order valence-electron chi connectivity index (χ1n) is 7.15. The van der Waals surface area contributed by atoms with Gasteiger partial charge in [-0.2, -0.15) is 0 Å². The number of halogens is 1. The molecular formula is C16H24FNO. The molecule has 2 nitrogen and oxygen atoms in total. The first-order valence-corrected chi connectivity index (χ1v) is 7.15. The van der Waals surface area contributed by atoms with Gasteiger partial charge in [0.2, 0.25) is 0 Å². The molecule has 0 unspecified atom stereocenters. The van der Waals surface area contributed by atoms with E-state index in [1.807, 2.05) is 6.07 Å². The van der Waals surface area contributed by atoms with Crippen LogP contribution >= 0.6 is 0 Å². The van der Waals surface area contributed by atoms with Gasteiger partial charge >= 0.3 is 0 Å². The Morgan fingerprint density at radius 2 is 1.84 bits per heavy atom. The van der Waals surface area contributed by atoms with Gasteiger partial charge in [-0.1, -0.05) is 33.1 Å². The van der Waals surface area contributed by atoms with Crippen LogP contribution in [0.15, 0.2) is 12.1 Å². The topological polar surface area (TPSA) is 35.2 Å². The molecule has 1 fully saturated rings. The molecule has 1 aliphatic carbocycles. The maximum Gasteiger partial charge on any atom is 0.165 e. The number of benzene rings is 1. The molecule has 2 rings (SSSR count). The van der Waals surface area contributed by atoms with E-state index >= 15 is 0 Å². The van der Waals surface area contributed by atoms with Crippen molar-refractivity contribution in [3.63, 3.8) is 0 Å². The van der Waals surface area contributed by atoms with Crippen LogP contribution in [0.4, 0.5) is 4.39 Å². The molecule has 0 radical (unpaired) electrons. The highest BCUT2D eigenvalue weighted by molar-refractivity contribution is 5.44. The normalized spacial score (nSPS) is 18.6. The summed E-state index contributed by atoms with van der Waals surface area (Å²) >= 11 is 0. The van der Waals surface area contributed by atoms with Crippen molar-refractivity contribution in [3.05, 3.63) is 29.1 Å². The van der Waals surface area contributed by atoms with Gasteiger partial charge in [-0.15, -0.1) is 0 Å². The van der Waals surface area contributed by atoms with E-state index in [9.17, 15) is 4.39 Å². The van der Waals surface area contributed by atoms with Crippen molar-refractivity contribution in [2.75, 3.05) is 7.11 Å². The van der Waals surface area contributed by atoms with Crippen LogP contribution in [0, 0.1) is 5.82 Å². The minimum Gasteiger partial charge on any atom is -0.493 e. The molecule has 1 saturated carbocycles. The lowest BCUT2D eigenvalue weighted by Gasteiger charge is -2.35. The standard InChI is InChI=1S/C16H24FNO/c1-11(2)12-9-13(15(19-3)14(17)10-12)16(18)7-5-4-6-8-16/h9-11H,4-8,18H2,1-3H3. The molecule has 19 heavy (non-hydrogen) atoms. The monoisotopic (exact) mass is 265 g/mol. The van der Waals surface area contributed by atoms with Gasteiger partial charge in [-0.3, -0.25) is 0 Å². The number of hydrogen-bond acceptors (Lipinski definition) is 2. The van der Waals surface area contributed by atoms with Gasteiger partial charge in [0.15, 0.2) is 11.6 Å². The number of methoxy groups -OCH3 is 1. The Kier molecular flexibility index (Phi) is 4.14. The van der Waals surface area contributed by atoms with Crippen LogP contribution in [-0.2, 0) is 5.54 Å². The van der Waals surface area contributed by atoms with E-state index in [0.29, 0.717) is 5.75 Å². The molecule has 106 valence electrons. The summed E-state index contributed by atoms with van der Waals surface area (Å²) in [5.41, 5.74) is 7.95. The lowest BCUT2D eigenvalue weighted by molar-refractivity contribution is 0.283. The summed E-state index contributed by atoms with van der Waals surface area (Å²) in [5, 5.41) is 0. The molecular weight excluding hydrogens is 241 g/mol. The van der Waals surface area contributed by atoms with E-state index in [1.54, 1.807) is 6.07 Å². The summed E-state index contributed by atoms with van der Waals surface area (Å²) in [6.07, 6.45) is 5.24. The zero-order chi connectivity index (χ0) is 14.0. The Balaban J connectivity index is 2.52.